The predicted molar refractivity (Wildman–Crippen MR) is 86.2 cm³/mol. The van der Waals surface area contributed by atoms with Crippen LogP contribution >= 0.6 is 12.4 Å². The Morgan fingerprint density at radius 1 is 1.26 bits per heavy atom. The van der Waals surface area contributed by atoms with Gasteiger partial charge in [-0.2, -0.15) is 4.98 Å². The van der Waals surface area contributed by atoms with E-state index < -0.39 is 5.82 Å². The van der Waals surface area contributed by atoms with E-state index in [0.717, 1.165) is 31.8 Å². The SMILES string of the molecule is Cl.Fc1ccccc1OCc1noc(CCC2CCNCC2)n1. The number of para-hydroxylation sites is 1. The fourth-order valence-corrected chi connectivity index (χ4v) is 2.65. The lowest BCUT2D eigenvalue weighted by Crippen LogP contribution is -2.27. The van der Waals surface area contributed by atoms with E-state index in [1.54, 1.807) is 18.2 Å². The van der Waals surface area contributed by atoms with Crippen LogP contribution < -0.4 is 10.1 Å². The third-order valence-electron chi connectivity index (χ3n) is 3.93. The van der Waals surface area contributed by atoms with Gasteiger partial charge < -0.3 is 14.6 Å². The Balaban J connectivity index is 0.00000192. The summed E-state index contributed by atoms with van der Waals surface area (Å²) in [6, 6.07) is 6.28. The Bertz CT molecular complexity index is 603. The Hall–Kier alpha value is -1.66. The van der Waals surface area contributed by atoms with Crippen molar-refractivity contribution in [2.24, 2.45) is 5.92 Å². The molecular weight excluding hydrogens is 321 g/mol. The summed E-state index contributed by atoms with van der Waals surface area (Å²) in [5.74, 6) is 1.61. The van der Waals surface area contributed by atoms with Gasteiger partial charge in [0.25, 0.3) is 0 Å². The average Bonchev–Trinajstić information content (AvgIpc) is 3.01. The van der Waals surface area contributed by atoms with Crippen LogP contribution in [0.25, 0.3) is 0 Å². The summed E-state index contributed by atoms with van der Waals surface area (Å²) in [4.78, 5) is 4.30. The molecule has 1 saturated heterocycles. The number of piperidine rings is 1. The second-order valence-corrected chi connectivity index (χ2v) is 5.56. The van der Waals surface area contributed by atoms with Crippen molar-refractivity contribution in [3.8, 4) is 5.75 Å². The van der Waals surface area contributed by atoms with Gasteiger partial charge in [-0.15, -0.1) is 12.4 Å². The van der Waals surface area contributed by atoms with Crippen LogP contribution in [0.5, 0.6) is 5.75 Å². The van der Waals surface area contributed by atoms with Gasteiger partial charge in [-0.25, -0.2) is 4.39 Å². The number of aromatic nitrogens is 2. The van der Waals surface area contributed by atoms with E-state index in [1.165, 1.54) is 18.9 Å². The van der Waals surface area contributed by atoms with E-state index >= 15 is 0 Å². The van der Waals surface area contributed by atoms with E-state index in [1.807, 2.05) is 0 Å². The lowest BCUT2D eigenvalue weighted by molar-refractivity contribution is 0.271. The van der Waals surface area contributed by atoms with Crippen molar-refractivity contribution in [1.29, 1.82) is 0 Å². The highest BCUT2D eigenvalue weighted by atomic mass is 35.5. The standard InChI is InChI=1S/C16H20FN3O2.ClH/c17-13-3-1-2-4-14(13)21-11-15-19-16(22-20-15)6-5-12-7-9-18-10-8-12;/h1-4,12,18H,5-11H2;1H. The first-order valence-corrected chi connectivity index (χ1v) is 7.71. The van der Waals surface area contributed by atoms with Crippen molar-refractivity contribution in [2.75, 3.05) is 13.1 Å². The van der Waals surface area contributed by atoms with Crippen molar-refractivity contribution >= 4 is 12.4 Å². The second kappa shape index (κ2) is 8.84. The van der Waals surface area contributed by atoms with Crippen LogP contribution in [0.1, 0.15) is 31.0 Å². The van der Waals surface area contributed by atoms with E-state index in [0.29, 0.717) is 11.7 Å². The highest BCUT2D eigenvalue weighted by Gasteiger charge is 2.15. The molecule has 1 aromatic heterocycles. The lowest BCUT2D eigenvalue weighted by Gasteiger charge is -2.21. The van der Waals surface area contributed by atoms with Gasteiger partial charge >= 0.3 is 0 Å². The third-order valence-corrected chi connectivity index (χ3v) is 3.93. The number of benzene rings is 1. The van der Waals surface area contributed by atoms with Crippen LogP contribution in [0.3, 0.4) is 0 Å². The molecule has 126 valence electrons. The van der Waals surface area contributed by atoms with Gasteiger partial charge in [0.05, 0.1) is 0 Å². The largest absolute Gasteiger partial charge is 0.482 e. The van der Waals surface area contributed by atoms with Gasteiger partial charge in [0.2, 0.25) is 11.7 Å². The summed E-state index contributed by atoms with van der Waals surface area (Å²) in [6.07, 6.45) is 4.27. The number of halogens is 2. The highest BCUT2D eigenvalue weighted by molar-refractivity contribution is 5.85. The van der Waals surface area contributed by atoms with Crippen molar-refractivity contribution in [1.82, 2.24) is 15.5 Å². The van der Waals surface area contributed by atoms with E-state index in [2.05, 4.69) is 15.5 Å². The molecule has 0 bridgehead atoms. The zero-order chi connectivity index (χ0) is 15.2. The number of nitrogens with one attached hydrogen (secondary N) is 1. The molecule has 1 aliphatic rings. The maximum Gasteiger partial charge on any atom is 0.226 e. The lowest BCUT2D eigenvalue weighted by atomic mass is 9.93. The molecule has 5 nitrogen and oxygen atoms in total. The summed E-state index contributed by atoms with van der Waals surface area (Å²) in [5.41, 5.74) is 0. The molecule has 1 aromatic carbocycles. The van der Waals surface area contributed by atoms with Gasteiger partial charge in [0, 0.05) is 6.42 Å². The smallest absolute Gasteiger partial charge is 0.226 e. The minimum atomic E-state index is -0.392. The summed E-state index contributed by atoms with van der Waals surface area (Å²) in [6.45, 7) is 2.30. The Labute approximate surface area is 141 Å². The number of rotatable bonds is 6. The van der Waals surface area contributed by atoms with Gasteiger partial charge in [0.15, 0.2) is 18.2 Å². The highest BCUT2D eigenvalue weighted by Crippen LogP contribution is 2.19. The zero-order valence-electron chi connectivity index (χ0n) is 12.8. The minimum Gasteiger partial charge on any atom is -0.482 e. The number of nitrogens with zero attached hydrogens (tertiary/aromatic N) is 2. The molecule has 0 atom stereocenters. The van der Waals surface area contributed by atoms with E-state index in [4.69, 9.17) is 9.26 Å². The molecule has 0 spiro atoms. The molecule has 23 heavy (non-hydrogen) atoms. The quantitative estimate of drug-likeness (QED) is 0.874. The van der Waals surface area contributed by atoms with Crippen molar-refractivity contribution in [2.45, 2.75) is 32.3 Å². The normalized spacial score (nSPS) is 15.2. The summed E-state index contributed by atoms with van der Waals surface area (Å²) < 4.78 is 24.0. The monoisotopic (exact) mass is 341 g/mol. The fraction of sp³-hybridized carbons (Fsp3) is 0.500. The van der Waals surface area contributed by atoms with Gasteiger partial charge in [-0.05, 0) is 50.4 Å². The predicted octanol–water partition coefficient (Wildman–Crippen LogP) is 3.14. The maximum atomic E-state index is 13.4. The third kappa shape index (κ3) is 5.18. The fourth-order valence-electron chi connectivity index (χ4n) is 2.65. The van der Waals surface area contributed by atoms with Crippen LogP contribution in [0.2, 0.25) is 0 Å². The molecule has 2 heterocycles. The van der Waals surface area contributed by atoms with E-state index in [-0.39, 0.29) is 24.8 Å². The van der Waals surface area contributed by atoms with Gasteiger partial charge in [-0.3, -0.25) is 0 Å². The van der Waals surface area contributed by atoms with Gasteiger partial charge in [0.1, 0.15) is 0 Å². The summed E-state index contributed by atoms with van der Waals surface area (Å²) in [5, 5.41) is 7.23. The molecule has 0 unspecified atom stereocenters. The van der Waals surface area contributed by atoms with Crippen molar-refractivity contribution in [3.05, 3.63) is 41.8 Å². The second-order valence-electron chi connectivity index (χ2n) is 5.56. The first kappa shape index (κ1) is 17.7. The molecule has 3 rings (SSSR count). The number of ether oxygens (including phenoxy) is 1. The van der Waals surface area contributed by atoms with Crippen molar-refractivity contribution in [3.63, 3.8) is 0 Å². The van der Waals surface area contributed by atoms with Crippen molar-refractivity contribution < 1.29 is 13.7 Å². The maximum absolute atomic E-state index is 13.4. The van der Waals surface area contributed by atoms with Crippen LogP contribution in [-0.4, -0.2) is 23.2 Å². The Morgan fingerprint density at radius 2 is 2.04 bits per heavy atom. The number of hydrogen-bond acceptors (Lipinski definition) is 5. The van der Waals surface area contributed by atoms with E-state index in [9.17, 15) is 4.39 Å². The first-order valence-electron chi connectivity index (χ1n) is 7.71. The molecule has 0 aliphatic carbocycles. The number of hydrogen-bond donors (Lipinski definition) is 1. The first-order chi connectivity index (χ1) is 10.8. The molecule has 0 amide bonds. The summed E-state index contributed by atoms with van der Waals surface area (Å²) >= 11 is 0. The van der Waals surface area contributed by atoms with Crippen LogP contribution in [0, 0.1) is 11.7 Å². The Kier molecular flexibility index (Phi) is 6.80. The molecule has 2 aromatic rings. The topological polar surface area (TPSA) is 60.2 Å². The molecule has 0 radical (unpaired) electrons. The van der Waals surface area contributed by atoms with Crippen LogP contribution in [0.4, 0.5) is 4.39 Å². The zero-order valence-corrected chi connectivity index (χ0v) is 13.7. The molecule has 1 fully saturated rings. The summed E-state index contributed by atoms with van der Waals surface area (Å²) in [7, 11) is 0. The van der Waals surface area contributed by atoms with Crippen LogP contribution in [-0.2, 0) is 13.0 Å². The molecule has 0 saturated carbocycles. The van der Waals surface area contributed by atoms with Gasteiger partial charge in [-0.1, -0.05) is 17.3 Å². The number of aryl methyl sites for hydroxylation is 1. The molecule has 1 N–H and O–H groups in total. The average molecular weight is 342 g/mol. The molecule has 7 heteroatoms. The Morgan fingerprint density at radius 3 is 2.83 bits per heavy atom. The minimum absolute atomic E-state index is 0. The molecular formula is C16H21ClFN3O2. The van der Waals surface area contributed by atoms with Crippen LogP contribution in [0.15, 0.2) is 28.8 Å². The molecule has 1 aliphatic heterocycles.